The highest BCUT2D eigenvalue weighted by atomic mass is 32.2. The predicted octanol–water partition coefficient (Wildman–Crippen LogP) is -4.15. The Morgan fingerprint density at radius 1 is 0.739 bits per heavy atom. The third kappa shape index (κ3) is 16.4. The highest BCUT2D eigenvalue weighted by Gasteiger charge is 2.33. The van der Waals surface area contributed by atoms with E-state index < -0.39 is 81.7 Å². The molecule has 0 unspecified atom stereocenters. The standard InChI is InChI=1S/C27H52N8O10S/c1-16(22(37)27(42)45-5)31-24(39)19(10-6-8-12-28)33-23(38)17(2)32-26(41)21(18(3)36)34-25(40)20(11-7-9-13-29)35-46(43,44)15-14-30-4/h16-21,30,35-36H,6-15,28-29H2,1-5H3,(H,31,39)(H,32,41)(H,33,38)(H,34,40)/t16-,17-,18+,19-,20-,21-/m0/s1. The highest BCUT2D eigenvalue weighted by molar-refractivity contribution is 7.89. The minimum Gasteiger partial charge on any atom is -0.463 e. The van der Waals surface area contributed by atoms with E-state index in [0.29, 0.717) is 38.8 Å². The van der Waals surface area contributed by atoms with Gasteiger partial charge in [-0.2, -0.15) is 0 Å². The lowest BCUT2D eigenvalue weighted by Crippen LogP contribution is -2.60. The summed E-state index contributed by atoms with van der Waals surface area (Å²) in [7, 11) is -1.29. The molecule has 19 heteroatoms. The number of ketones is 1. The van der Waals surface area contributed by atoms with E-state index in [2.05, 4.69) is 36.0 Å². The fourth-order valence-electron chi connectivity index (χ4n) is 3.99. The number of hydrogen-bond acceptors (Lipinski definition) is 13. The fraction of sp³-hybridized carbons (Fsp3) is 0.778. The highest BCUT2D eigenvalue weighted by Crippen LogP contribution is 2.06. The Morgan fingerprint density at radius 3 is 1.76 bits per heavy atom. The molecule has 0 radical (unpaired) electrons. The van der Waals surface area contributed by atoms with Gasteiger partial charge in [-0.05, 0) is 73.0 Å². The topological polar surface area (TPSA) is 290 Å². The summed E-state index contributed by atoms with van der Waals surface area (Å²) >= 11 is 0. The first-order valence-corrected chi connectivity index (χ1v) is 16.8. The van der Waals surface area contributed by atoms with Crippen molar-refractivity contribution in [1.29, 1.82) is 0 Å². The molecule has 18 nitrogen and oxygen atoms in total. The van der Waals surface area contributed by atoms with Crippen molar-refractivity contribution in [2.24, 2.45) is 11.5 Å². The van der Waals surface area contributed by atoms with E-state index in [0.717, 1.165) is 7.11 Å². The van der Waals surface area contributed by atoms with Crippen LogP contribution in [0.3, 0.4) is 0 Å². The first-order chi connectivity index (χ1) is 21.5. The van der Waals surface area contributed by atoms with E-state index in [1.165, 1.54) is 20.8 Å². The molecule has 0 aliphatic rings. The van der Waals surface area contributed by atoms with Gasteiger partial charge in [0, 0.05) is 6.54 Å². The summed E-state index contributed by atoms with van der Waals surface area (Å²) in [6.07, 6.45) is 0.618. The molecule has 0 heterocycles. The van der Waals surface area contributed by atoms with Crippen LogP contribution >= 0.6 is 0 Å². The van der Waals surface area contributed by atoms with E-state index in [9.17, 15) is 42.3 Å². The molecule has 0 bridgehead atoms. The van der Waals surface area contributed by atoms with Crippen LogP contribution in [-0.2, 0) is 43.5 Å². The molecule has 0 aliphatic carbocycles. The van der Waals surface area contributed by atoms with Crippen LogP contribution in [0, 0.1) is 0 Å². The van der Waals surface area contributed by atoms with Gasteiger partial charge in [-0.25, -0.2) is 17.9 Å². The molecule has 0 aromatic carbocycles. The number of unbranched alkanes of at least 4 members (excludes halogenated alkanes) is 2. The quantitative estimate of drug-likeness (QED) is 0.0266. The molecule has 4 amide bonds. The number of carbonyl (C=O) groups excluding carboxylic acids is 6. The van der Waals surface area contributed by atoms with Crippen molar-refractivity contribution >= 4 is 45.4 Å². The van der Waals surface area contributed by atoms with Gasteiger partial charge in [0.2, 0.25) is 33.7 Å². The van der Waals surface area contributed by atoms with Crippen molar-refractivity contribution in [2.75, 3.05) is 39.5 Å². The van der Waals surface area contributed by atoms with E-state index in [-0.39, 0.29) is 25.1 Å². The number of hydrogen-bond donors (Lipinski definition) is 9. The maximum absolute atomic E-state index is 13.1. The van der Waals surface area contributed by atoms with Gasteiger partial charge in [0.25, 0.3) is 5.78 Å². The molecule has 0 fully saturated rings. The SMILES string of the molecule is CNCCS(=O)(=O)N[C@@H](CCCCN)C(=O)N[C@H](C(=O)N[C@@H](C)C(=O)N[C@@H](CCCCN)C(=O)N[C@@H](C)C(=O)C(=O)OC)[C@@H](C)O. The summed E-state index contributed by atoms with van der Waals surface area (Å²) in [6, 6.07) is -6.51. The van der Waals surface area contributed by atoms with Crippen LogP contribution in [0.15, 0.2) is 0 Å². The third-order valence-electron chi connectivity index (χ3n) is 6.74. The molecule has 0 spiro atoms. The molecule has 0 saturated heterocycles. The summed E-state index contributed by atoms with van der Waals surface area (Å²) < 4.78 is 31.6. The zero-order valence-corrected chi connectivity index (χ0v) is 28.0. The number of ether oxygens (including phenoxy) is 1. The number of aliphatic hydroxyl groups is 1. The van der Waals surface area contributed by atoms with Crippen molar-refractivity contribution in [3.8, 4) is 0 Å². The van der Waals surface area contributed by atoms with Gasteiger partial charge in [-0.15, -0.1) is 0 Å². The van der Waals surface area contributed by atoms with Gasteiger partial charge in [0.15, 0.2) is 0 Å². The van der Waals surface area contributed by atoms with Crippen molar-refractivity contribution in [2.45, 2.75) is 95.6 Å². The second-order valence-electron chi connectivity index (χ2n) is 10.8. The molecule has 11 N–H and O–H groups in total. The number of Topliss-reactive ketones (excluding diaryl/α,β-unsaturated/α-hetero) is 1. The number of sulfonamides is 1. The molecule has 46 heavy (non-hydrogen) atoms. The summed E-state index contributed by atoms with van der Waals surface area (Å²) in [5.74, 6) is -5.84. The van der Waals surface area contributed by atoms with Crippen LogP contribution in [0.2, 0.25) is 0 Å². The average Bonchev–Trinajstić information content (AvgIpc) is 3.00. The molecule has 0 rings (SSSR count). The number of amides is 4. The van der Waals surface area contributed by atoms with Gasteiger partial charge in [-0.3, -0.25) is 24.0 Å². The molecule has 0 aromatic heterocycles. The van der Waals surface area contributed by atoms with Crippen molar-refractivity contribution < 1.29 is 47.0 Å². The number of nitrogens with two attached hydrogens (primary N) is 2. The normalized spacial score (nSPS) is 15.3. The lowest BCUT2D eigenvalue weighted by molar-refractivity contribution is -0.152. The van der Waals surface area contributed by atoms with Gasteiger partial charge in [0.05, 0.1) is 25.0 Å². The second kappa shape index (κ2) is 22.3. The summed E-state index contributed by atoms with van der Waals surface area (Å²) in [5, 5.41) is 22.6. The summed E-state index contributed by atoms with van der Waals surface area (Å²) in [6.45, 7) is 4.58. The number of nitrogens with one attached hydrogen (secondary N) is 6. The van der Waals surface area contributed by atoms with Crippen molar-refractivity contribution in [3.63, 3.8) is 0 Å². The van der Waals surface area contributed by atoms with Crippen LogP contribution in [-0.4, -0.2) is 125 Å². The number of rotatable bonds is 24. The summed E-state index contributed by atoms with van der Waals surface area (Å²) in [4.78, 5) is 75.6. The van der Waals surface area contributed by atoms with Crippen LogP contribution in [0.4, 0.5) is 0 Å². The molecule has 0 aromatic rings. The molecule has 0 aliphatic heterocycles. The molecular formula is C27H52N8O10S. The molecule has 266 valence electrons. The first-order valence-electron chi connectivity index (χ1n) is 15.1. The van der Waals surface area contributed by atoms with Crippen LogP contribution in [0.1, 0.15) is 59.3 Å². The van der Waals surface area contributed by atoms with Gasteiger partial charge < -0.3 is 47.9 Å². The number of methoxy groups -OCH3 is 1. The lowest BCUT2D eigenvalue weighted by atomic mass is 10.1. The Hall–Kier alpha value is -3.23. The zero-order valence-electron chi connectivity index (χ0n) is 27.2. The van der Waals surface area contributed by atoms with E-state index in [4.69, 9.17) is 11.5 Å². The Bertz CT molecular complexity index is 1120. The minimum absolute atomic E-state index is 0.0756. The maximum Gasteiger partial charge on any atom is 0.376 e. The third-order valence-corrected chi connectivity index (χ3v) is 8.12. The number of aliphatic hydroxyl groups excluding tert-OH is 1. The van der Waals surface area contributed by atoms with Crippen LogP contribution < -0.4 is 42.8 Å². The predicted molar refractivity (Wildman–Crippen MR) is 168 cm³/mol. The van der Waals surface area contributed by atoms with Crippen molar-refractivity contribution in [3.05, 3.63) is 0 Å². The average molecular weight is 681 g/mol. The second-order valence-corrected chi connectivity index (χ2v) is 12.6. The monoisotopic (exact) mass is 680 g/mol. The Balaban J connectivity index is 5.65. The smallest absolute Gasteiger partial charge is 0.376 e. The van der Waals surface area contributed by atoms with Crippen LogP contribution in [0.25, 0.3) is 0 Å². The van der Waals surface area contributed by atoms with E-state index in [1.807, 2.05) is 0 Å². The largest absolute Gasteiger partial charge is 0.463 e. The number of carbonyl (C=O) groups is 6. The van der Waals surface area contributed by atoms with Crippen LogP contribution in [0.5, 0.6) is 0 Å². The molecule has 6 atom stereocenters. The van der Waals surface area contributed by atoms with Crippen molar-refractivity contribution in [1.82, 2.24) is 31.3 Å². The zero-order chi connectivity index (χ0) is 35.4. The Labute approximate surface area is 270 Å². The Morgan fingerprint density at radius 2 is 1.26 bits per heavy atom. The molecular weight excluding hydrogens is 628 g/mol. The fourth-order valence-corrected chi connectivity index (χ4v) is 5.24. The van der Waals surface area contributed by atoms with E-state index >= 15 is 0 Å². The minimum atomic E-state index is -3.88. The number of esters is 1. The van der Waals surface area contributed by atoms with E-state index in [1.54, 1.807) is 7.05 Å². The lowest BCUT2D eigenvalue weighted by Gasteiger charge is -2.26. The molecule has 0 saturated carbocycles. The van der Waals surface area contributed by atoms with Gasteiger partial charge >= 0.3 is 5.97 Å². The summed E-state index contributed by atoms with van der Waals surface area (Å²) in [5.41, 5.74) is 11.0. The van der Waals surface area contributed by atoms with Gasteiger partial charge in [0.1, 0.15) is 24.2 Å². The van der Waals surface area contributed by atoms with Gasteiger partial charge in [-0.1, -0.05) is 6.42 Å². The first kappa shape index (κ1) is 42.8. The maximum atomic E-state index is 13.1. The Kier molecular flexibility index (Phi) is 20.8.